The fourth-order valence-electron chi connectivity index (χ4n) is 1.73. The summed E-state index contributed by atoms with van der Waals surface area (Å²) in [5.41, 5.74) is 0.986. The van der Waals surface area contributed by atoms with E-state index in [1.807, 2.05) is 37.3 Å². The summed E-state index contributed by atoms with van der Waals surface area (Å²) in [6.45, 7) is 4.39. The van der Waals surface area contributed by atoms with E-state index < -0.39 is 0 Å². The molecule has 1 unspecified atom stereocenters. The Morgan fingerprint density at radius 2 is 2.11 bits per heavy atom. The fraction of sp³-hybridized carbons (Fsp3) is 0.438. The maximum Gasteiger partial charge on any atom is 0.308 e. The average molecular weight is 281 g/mol. The van der Waals surface area contributed by atoms with Gasteiger partial charge in [0.05, 0.1) is 12.5 Å². The van der Waals surface area contributed by atoms with E-state index in [-0.39, 0.29) is 11.9 Å². The van der Waals surface area contributed by atoms with Crippen LogP contribution in [0.1, 0.15) is 32.3 Å². The first-order valence-electron chi connectivity index (χ1n) is 6.70. The molecule has 0 heterocycles. The molecule has 104 valence electrons. The van der Waals surface area contributed by atoms with Crippen LogP contribution >= 0.6 is 11.6 Å². The Kier molecular flexibility index (Phi) is 7.27. The van der Waals surface area contributed by atoms with Crippen LogP contribution in [0.25, 0.3) is 0 Å². The van der Waals surface area contributed by atoms with Gasteiger partial charge in [-0.1, -0.05) is 55.8 Å². The molecule has 19 heavy (non-hydrogen) atoms. The molecule has 0 amide bonds. The van der Waals surface area contributed by atoms with Gasteiger partial charge in [-0.05, 0) is 30.9 Å². The first kappa shape index (κ1) is 15.8. The van der Waals surface area contributed by atoms with Gasteiger partial charge in [-0.3, -0.25) is 4.79 Å². The molecule has 0 spiro atoms. The van der Waals surface area contributed by atoms with Crippen LogP contribution in [0.3, 0.4) is 0 Å². The van der Waals surface area contributed by atoms with E-state index in [9.17, 15) is 4.79 Å². The number of rotatable bonds is 7. The maximum atomic E-state index is 11.8. The van der Waals surface area contributed by atoms with Crippen LogP contribution in [0.5, 0.6) is 0 Å². The summed E-state index contributed by atoms with van der Waals surface area (Å²) < 4.78 is 5.23. The third-order valence-corrected chi connectivity index (χ3v) is 3.19. The van der Waals surface area contributed by atoms with Crippen molar-refractivity contribution in [3.63, 3.8) is 0 Å². The van der Waals surface area contributed by atoms with Gasteiger partial charge in [-0.15, -0.1) is 0 Å². The van der Waals surface area contributed by atoms with Crippen LogP contribution in [0.15, 0.2) is 36.4 Å². The Bertz CT molecular complexity index is 427. The first-order valence-corrected chi connectivity index (χ1v) is 7.08. The van der Waals surface area contributed by atoms with Crippen molar-refractivity contribution in [2.24, 2.45) is 5.92 Å². The van der Waals surface area contributed by atoms with Crippen LogP contribution in [0.2, 0.25) is 5.02 Å². The number of hydrogen-bond donors (Lipinski definition) is 0. The normalized spacial score (nSPS) is 12.6. The van der Waals surface area contributed by atoms with Crippen LogP contribution < -0.4 is 0 Å². The smallest absolute Gasteiger partial charge is 0.308 e. The minimum Gasteiger partial charge on any atom is -0.465 e. The summed E-state index contributed by atoms with van der Waals surface area (Å²) in [4.78, 5) is 11.8. The van der Waals surface area contributed by atoms with Crippen molar-refractivity contribution in [2.45, 2.75) is 33.1 Å². The second-order valence-corrected chi connectivity index (χ2v) is 4.94. The van der Waals surface area contributed by atoms with E-state index in [0.717, 1.165) is 18.4 Å². The van der Waals surface area contributed by atoms with Gasteiger partial charge >= 0.3 is 5.97 Å². The maximum absolute atomic E-state index is 11.8. The highest BCUT2D eigenvalue weighted by Crippen LogP contribution is 2.19. The topological polar surface area (TPSA) is 26.3 Å². The molecule has 0 aliphatic carbocycles. The largest absolute Gasteiger partial charge is 0.465 e. The van der Waals surface area contributed by atoms with Crippen molar-refractivity contribution in [3.8, 4) is 0 Å². The van der Waals surface area contributed by atoms with Gasteiger partial charge in [0.15, 0.2) is 0 Å². The van der Waals surface area contributed by atoms with Crippen LogP contribution in [-0.2, 0) is 16.0 Å². The summed E-state index contributed by atoms with van der Waals surface area (Å²) >= 11 is 6.07. The Labute approximate surface area is 120 Å². The monoisotopic (exact) mass is 280 g/mol. The van der Waals surface area contributed by atoms with E-state index in [4.69, 9.17) is 16.3 Å². The lowest BCUT2D eigenvalue weighted by atomic mass is 10.0. The summed E-state index contributed by atoms with van der Waals surface area (Å²) in [5.74, 6) is -0.333. The van der Waals surface area contributed by atoms with Gasteiger partial charge in [0, 0.05) is 5.02 Å². The van der Waals surface area contributed by atoms with Gasteiger partial charge in [-0.2, -0.15) is 0 Å². The van der Waals surface area contributed by atoms with E-state index in [1.165, 1.54) is 0 Å². The molecule has 1 aromatic carbocycles. The summed E-state index contributed by atoms with van der Waals surface area (Å²) in [6.07, 6.45) is 6.51. The number of ether oxygens (including phenoxy) is 1. The highest BCUT2D eigenvalue weighted by atomic mass is 35.5. The molecule has 0 N–H and O–H groups in total. The van der Waals surface area contributed by atoms with Crippen molar-refractivity contribution in [3.05, 3.63) is 47.0 Å². The molecular formula is C16H21ClO2. The summed E-state index contributed by atoms with van der Waals surface area (Å²) in [7, 11) is 0. The molecule has 0 radical (unpaired) electrons. The lowest BCUT2D eigenvalue weighted by molar-refractivity contribution is -0.147. The van der Waals surface area contributed by atoms with Gasteiger partial charge in [-0.25, -0.2) is 0 Å². The Balaban J connectivity index is 2.37. The highest BCUT2D eigenvalue weighted by Gasteiger charge is 2.15. The molecule has 1 rings (SSSR count). The molecule has 0 aromatic heterocycles. The molecule has 3 heteroatoms. The fourth-order valence-corrected chi connectivity index (χ4v) is 1.94. The standard InChI is InChI=1S/C16H21ClO2/c1-3-4-5-8-11-19-16(18)13(2)12-14-9-6-7-10-15(14)17/h4-7,9-10,13H,3,8,11-12H2,1-2H3/b5-4-. The number of esters is 1. The molecule has 0 aliphatic rings. The summed E-state index contributed by atoms with van der Waals surface area (Å²) in [5, 5.41) is 0.702. The predicted molar refractivity (Wildman–Crippen MR) is 79.3 cm³/mol. The minimum absolute atomic E-state index is 0.162. The SMILES string of the molecule is CC/C=C\CCOC(=O)C(C)Cc1ccccc1Cl. The zero-order chi connectivity index (χ0) is 14.1. The molecule has 0 bridgehead atoms. The zero-order valence-corrected chi connectivity index (χ0v) is 12.3. The highest BCUT2D eigenvalue weighted by molar-refractivity contribution is 6.31. The molecule has 0 fully saturated rings. The zero-order valence-electron chi connectivity index (χ0n) is 11.6. The van der Waals surface area contributed by atoms with E-state index >= 15 is 0 Å². The second-order valence-electron chi connectivity index (χ2n) is 4.53. The van der Waals surface area contributed by atoms with Crippen LogP contribution in [0.4, 0.5) is 0 Å². The first-order chi connectivity index (χ1) is 9.15. The van der Waals surface area contributed by atoms with Gasteiger partial charge in [0.1, 0.15) is 0 Å². The quantitative estimate of drug-likeness (QED) is 0.420. The number of hydrogen-bond acceptors (Lipinski definition) is 2. The number of allylic oxidation sites excluding steroid dienone is 1. The van der Waals surface area contributed by atoms with Crippen molar-refractivity contribution < 1.29 is 9.53 Å². The Hall–Kier alpha value is -1.28. The lowest BCUT2D eigenvalue weighted by Crippen LogP contribution is -2.17. The molecule has 2 nitrogen and oxygen atoms in total. The second kappa shape index (κ2) is 8.76. The van der Waals surface area contributed by atoms with Crippen LogP contribution in [0, 0.1) is 5.92 Å². The number of carbonyl (C=O) groups is 1. The Morgan fingerprint density at radius 3 is 2.79 bits per heavy atom. The molecule has 0 aliphatic heterocycles. The van der Waals surface area contributed by atoms with Gasteiger partial charge in [0.2, 0.25) is 0 Å². The lowest BCUT2D eigenvalue weighted by Gasteiger charge is -2.11. The average Bonchev–Trinajstić information content (AvgIpc) is 2.41. The molecule has 0 saturated heterocycles. The third kappa shape index (κ3) is 5.93. The summed E-state index contributed by atoms with van der Waals surface area (Å²) in [6, 6.07) is 7.59. The molecular weight excluding hydrogens is 260 g/mol. The number of benzene rings is 1. The van der Waals surface area contributed by atoms with E-state index in [1.54, 1.807) is 0 Å². The third-order valence-electron chi connectivity index (χ3n) is 2.82. The molecule has 1 aromatic rings. The van der Waals surface area contributed by atoms with E-state index in [2.05, 4.69) is 13.0 Å². The Morgan fingerprint density at radius 1 is 1.37 bits per heavy atom. The van der Waals surface area contributed by atoms with Crippen molar-refractivity contribution in [1.82, 2.24) is 0 Å². The number of carbonyl (C=O) groups excluding carboxylic acids is 1. The van der Waals surface area contributed by atoms with E-state index in [0.29, 0.717) is 18.1 Å². The molecule has 0 saturated carbocycles. The number of halogens is 1. The van der Waals surface area contributed by atoms with Crippen molar-refractivity contribution in [1.29, 1.82) is 0 Å². The molecule has 1 atom stereocenters. The predicted octanol–water partition coefficient (Wildman–Crippen LogP) is 4.42. The van der Waals surface area contributed by atoms with Crippen molar-refractivity contribution >= 4 is 17.6 Å². The van der Waals surface area contributed by atoms with Crippen LogP contribution in [-0.4, -0.2) is 12.6 Å². The van der Waals surface area contributed by atoms with Gasteiger partial charge in [0.25, 0.3) is 0 Å². The van der Waals surface area contributed by atoms with Crippen molar-refractivity contribution in [2.75, 3.05) is 6.61 Å². The van der Waals surface area contributed by atoms with Gasteiger partial charge < -0.3 is 4.74 Å². The minimum atomic E-state index is -0.171.